The van der Waals surface area contributed by atoms with Gasteiger partial charge in [0.1, 0.15) is 18.3 Å². The normalized spacial score (nSPS) is 9.93. The fourth-order valence-electron chi connectivity index (χ4n) is 1.79. The van der Waals surface area contributed by atoms with Gasteiger partial charge >= 0.3 is 21.7 Å². The first-order valence-electron chi connectivity index (χ1n) is 9.75. The maximum Gasteiger partial charge on any atom is 4.00 e. The molecular weight excluding hydrogens is 426 g/mol. The molecule has 10 heteroatoms. The molecular formula is C20H35N3O6Ti. The standard InChI is InChI=1S/3C5H11NO2.C5H5.Ti/c3*1-3-6(4-2)5(7)8;1-2-4-5-3-1;/h3*3-4H2,1-2H3,(H,7,8);1-3H,4H2;/q;;;-1;+4/p-3. The molecule has 1 aliphatic carbocycles. The SMILES string of the molecule is CCN(CC)C(=O)[O-].CCN(CC)C(=O)[O-].CCN(CC)C(=O)[O-].[C-]1=CC=CC1.[Ti+4]. The van der Waals surface area contributed by atoms with Gasteiger partial charge in [-0.25, -0.2) is 12.2 Å². The summed E-state index contributed by atoms with van der Waals surface area (Å²) in [5, 5.41) is 29.9. The van der Waals surface area contributed by atoms with E-state index in [9.17, 15) is 29.7 Å². The van der Waals surface area contributed by atoms with Gasteiger partial charge in [-0.1, -0.05) is 0 Å². The zero-order chi connectivity index (χ0) is 23.2. The topological polar surface area (TPSA) is 130 Å². The van der Waals surface area contributed by atoms with Gasteiger partial charge in [0.25, 0.3) is 0 Å². The third kappa shape index (κ3) is 22.3. The van der Waals surface area contributed by atoms with Gasteiger partial charge in [0.15, 0.2) is 0 Å². The molecule has 0 spiro atoms. The van der Waals surface area contributed by atoms with Crippen LogP contribution in [0.25, 0.3) is 0 Å². The summed E-state index contributed by atoms with van der Waals surface area (Å²) in [4.78, 5) is 33.6. The average molecular weight is 461 g/mol. The Labute approximate surface area is 195 Å². The van der Waals surface area contributed by atoms with Crippen LogP contribution in [-0.4, -0.2) is 72.2 Å². The van der Waals surface area contributed by atoms with Crippen LogP contribution in [0.5, 0.6) is 0 Å². The summed E-state index contributed by atoms with van der Waals surface area (Å²) in [7, 11) is 0. The van der Waals surface area contributed by atoms with Crippen molar-refractivity contribution in [1.82, 2.24) is 14.7 Å². The molecule has 0 aromatic rings. The summed E-state index contributed by atoms with van der Waals surface area (Å²) in [6, 6.07) is 0. The minimum Gasteiger partial charge on any atom is -0.530 e. The molecule has 0 N–H and O–H groups in total. The molecule has 1 aliphatic rings. The van der Waals surface area contributed by atoms with E-state index in [0.29, 0.717) is 39.3 Å². The van der Waals surface area contributed by atoms with Crippen molar-refractivity contribution in [3.8, 4) is 0 Å². The molecule has 0 aromatic heterocycles. The first-order valence-corrected chi connectivity index (χ1v) is 9.75. The van der Waals surface area contributed by atoms with Crippen molar-refractivity contribution in [2.75, 3.05) is 39.3 Å². The van der Waals surface area contributed by atoms with E-state index in [-0.39, 0.29) is 21.7 Å². The second-order valence-corrected chi connectivity index (χ2v) is 5.32. The Hall–Kier alpha value is -2.00. The van der Waals surface area contributed by atoms with E-state index >= 15 is 0 Å². The fraction of sp³-hybridized carbons (Fsp3) is 0.650. The van der Waals surface area contributed by atoms with Crippen LogP contribution in [0.15, 0.2) is 18.2 Å². The van der Waals surface area contributed by atoms with E-state index in [0.717, 1.165) is 6.42 Å². The van der Waals surface area contributed by atoms with Gasteiger partial charge in [0.05, 0.1) is 0 Å². The summed E-state index contributed by atoms with van der Waals surface area (Å²) >= 11 is 0. The van der Waals surface area contributed by atoms with E-state index in [4.69, 9.17) is 0 Å². The molecule has 9 nitrogen and oxygen atoms in total. The molecule has 0 radical (unpaired) electrons. The zero-order valence-electron chi connectivity index (χ0n) is 19.0. The van der Waals surface area contributed by atoms with Crippen LogP contribution in [0.1, 0.15) is 48.0 Å². The number of allylic oxidation sites excluding steroid dienone is 4. The number of carbonyl (C=O) groups excluding carboxylic acids is 3. The number of nitrogens with zero attached hydrogens (tertiary/aromatic N) is 3. The van der Waals surface area contributed by atoms with Crippen LogP contribution in [0.3, 0.4) is 0 Å². The molecule has 0 heterocycles. The average Bonchev–Trinajstić information content (AvgIpc) is 3.25. The van der Waals surface area contributed by atoms with Crippen molar-refractivity contribution in [2.24, 2.45) is 0 Å². The molecule has 0 saturated carbocycles. The number of carboxylic acid groups (broad SMARTS) is 3. The third-order valence-corrected chi connectivity index (χ3v) is 3.65. The largest absolute Gasteiger partial charge is 4.00 e. The fourth-order valence-corrected chi connectivity index (χ4v) is 1.79. The van der Waals surface area contributed by atoms with Crippen LogP contribution in [0, 0.1) is 6.08 Å². The van der Waals surface area contributed by atoms with E-state index in [1.165, 1.54) is 14.7 Å². The van der Waals surface area contributed by atoms with Gasteiger partial charge in [-0.3, -0.25) is 6.08 Å². The third-order valence-electron chi connectivity index (χ3n) is 3.65. The first kappa shape index (κ1) is 35.4. The molecule has 0 fully saturated rings. The molecule has 0 unspecified atom stereocenters. The van der Waals surface area contributed by atoms with Crippen molar-refractivity contribution in [2.45, 2.75) is 48.0 Å². The summed E-state index contributed by atoms with van der Waals surface area (Å²) in [6.07, 6.45) is 6.74. The van der Waals surface area contributed by atoms with E-state index in [1.54, 1.807) is 41.5 Å². The smallest absolute Gasteiger partial charge is 0.530 e. The van der Waals surface area contributed by atoms with Gasteiger partial charge in [0.2, 0.25) is 0 Å². The Morgan fingerprint density at radius 2 is 0.967 bits per heavy atom. The van der Waals surface area contributed by atoms with Crippen LogP contribution in [0.4, 0.5) is 14.4 Å². The van der Waals surface area contributed by atoms with E-state index < -0.39 is 18.3 Å². The quantitative estimate of drug-likeness (QED) is 0.414. The van der Waals surface area contributed by atoms with Crippen molar-refractivity contribution >= 4 is 18.3 Å². The summed E-state index contributed by atoms with van der Waals surface area (Å²) in [5.74, 6) is 0. The second-order valence-electron chi connectivity index (χ2n) is 5.32. The van der Waals surface area contributed by atoms with Gasteiger partial charge in [-0.15, -0.1) is 6.42 Å². The predicted octanol–water partition coefficient (Wildman–Crippen LogP) is 0.318. The zero-order valence-corrected chi connectivity index (χ0v) is 20.5. The molecule has 0 saturated heterocycles. The Balaban J connectivity index is -0.000000150. The maximum atomic E-state index is 9.98. The maximum absolute atomic E-state index is 9.98. The minimum atomic E-state index is -1.09. The number of rotatable bonds is 6. The van der Waals surface area contributed by atoms with Gasteiger partial charge in [-0.2, -0.15) is 6.08 Å². The van der Waals surface area contributed by atoms with Crippen molar-refractivity contribution in [1.29, 1.82) is 0 Å². The van der Waals surface area contributed by atoms with Gasteiger partial charge < -0.3 is 44.4 Å². The summed E-state index contributed by atoms with van der Waals surface area (Å²) in [6.45, 7) is 13.7. The molecule has 0 aromatic carbocycles. The van der Waals surface area contributed by atoms with Crippen LogP contribution < -0.4 is 15.3 Å². The molecule has 0 bridgehead atoms. The minimum absolute atomic E-state index is 0. The van der Waals surface area contributed by atoms with Crippen molar-refractivity contribution < 1.29 is 51.4 Å². The van der Waals surface area contributed by atoms with Gasteiger partial charge in [-0.05, 0) is 41.5 Å². The molecule has 0 atom stereocenters. The second kappa shape index (κ2) is 25.0. The number of amides is 3. The summed E-state index contributed by atoms with van der Waals surface area (Å²) < 4.78 is 0. The molecule has 170 valence electrons. The van der Waals surface area contributed by atoms with Crippen molar-refractivity contribution in [3.63, 3.8) is 0 Å². The molecule has 30 heavy (non-hydrogen) atoms. The Kier molecular flexibility index (Phi) is 29.6. The first-order chi connectivity index (χ1) is 13.7. The molecule has 3 amide bonds. The van der Waals surface area contributed by atoms with E-state index in [1.807, 2.05) is 12.2 Å². The monoisotopic (exact) mass is 461 g/mol. The Bertz CT molecular complexity index is 427. The number of carbonyl (C=O) groups is 3. The van der Waals surface area contributed by atoms with Gasteiger partial charge in [0, 0.05) is 39.3 Å². The number of hydrogen-bond donors (Lipinski definition) is 0. The molecule has 1 rings (SSSR count). The van der Waals surface area contributed by atoms with Crippen LogP contribution >= 0.6 is 0 Å². The predicted molar refractivity (Wildman–Crippen MR) is 107 cm³/mol. The van der Waals surface area contributed by atoms with Crippen LogP contribution in [-0.2, 0) is 21.7 Å². The van der Waals surface area contributed by atoms with Crippen molar-refractivity contribution in [3.05, 3.63) is 24.3 Å². The number of hydrogen-bond acceptors (Lipinski definition) is 6. The Morgan fingerprint density at radius 3 is 1.00 bits per heavy atom. The summed E-state index contributed by atoms with van der Waals surface area (Å²) in [5.41, 5.74) is 0. The van der Waals surface area contributed by atoms with E-state index in [2.05, 4.69) is 12.2 Å². The molecule has 0 aliphatic heterocycles. The Morgan fingerprint density at radius 1 is 0.700 bits per heavy atom. The van der Waals surface area contributed by atoms with Crippen LogP contribution in [0.2, 0.25) is 0 Å².